The van der Waals surface area contributed by atoms with Gasteiger partial charge in [-0.05, 0) is 13.0 Å². The van der Waals surface area contributed by atoms with Crippen molar-refractivity contribution in [1.29, 1.82) is 0 Å². The van der Waals surface area contributed by atoms with Crippen LogP contribution in [0.2, 0.25) is 0 Å². The van der Waals surface area contributed by atoms with E-state index >= 15 is 0 Å². The van der Waals surface area contributed by atoms with Gasteiger partial charge in [-0.2, -0.15) is 5.10 Å². The maximum atomic E-state index is 5.52. The summed E-state index contributed by atoms with van der Waals surface area (Å²) in [6, 6.07) is 3.68. The smallest absolute Gasteiger partial charge is 0.157 e. The molecule has 0 aromatic carbocycles. The molecule has 14 heavy (non-hydrogen) atoms. The van der Waals surface area contributed by atoms with Crippen molar-refractivity contribution in [2.24, 2.45) is 5.73 Å². The van der Waals surface area contributed by atoms with Crippen LogP contribution in [0.5, 0.6) is 0 Å². The van der Waals surface area contributed by atoms with Crippen LogP contribution in [-0.4, -0.2) is 19.7 Å². The van der Waals surface area contributed by atoms with Crippen molar-refractivity contribution < 1.29 is 0 Å². The average Bonchev–Trinajstić information content (AvgIpc) is 2.69. The van der Waals surface area contributed by atoms with Crippen LogP contribution in [0.4, 0.5) is 0 Å². The Labute approximate surface area is 81.6 Å². The average molecular weight is 189 g/mol. The Morgan fingerprint density at radius 2 is 2.29 bits per heavy atom. The summed E-state index contributed by atoms with van der Waals surface area (Å²) < 4.78 is 1.69. The standard InChI is InChI=1S/C9H11N5/c1-7-12-8(6-10)5-9(13-7)14-4-2-3-11-14/h2-5H,6,10H2,1H3. The third-order valence-corrected chi connectivity index (χ3v) is 1.83. The summed E-state index contributed by atoms with van der Waals surface area (Å²) in [7, 11) is 0. The Kier molecular flexibility index (Phi) is 2.24. The molecule has 2 heterocycles. The van der Waals surface area contributed by atoms with E-state index in [-0.39, 0.29) is 0 Å². The topological polar surface area (TPSA) is 69.6 Å². The molecule has 0 bridgehead atoms. The molecule has 0 aliphatic carbocycles. The summed E-state index contributed by atoms with van der Waals surface area (Å²) in [6.07, 6.45) is 3.54. The van der Waals surface area contributed by atoms with Crippen LogP contribution in [-0.2, 0) is 6.54 Å². The molecule has 0 aliphatic rings. The van der Waals surface area contributed by atoms with E-state index in [2.05, 4.69) is 15.1 Å². The first-order chi connectivity index (χ1) is 6.79. The summed E-state index contributed by atoms with van der Waals surface area (Å²) in [6.45, 7) is 2.25. The van der Waals surface area contributed by atoms with Crippen LogP contribution in [0.3, 0.4) is 0 Å². The molecule has 5 heteroatoms. The lowest BCUT2D eigenvalue weighted by atomic mass is 10.4. The SMILES string of the molecule is Cc1nc(CN)cc(-n2cccn2)n1. The number of nitrogens with two attached hydrogens (primary N) is 1. The number of nitrogens with zero attached hydrogens (tertiary/aromatic N) is 4. The number of aryl methyl sites for hydroxylation is 1. The minimum Gasteiger partial charge on any atom is -0.325 e. The Bertz CT molecular complexity index is 421. The highest BCUT2D eigenvalue weighted by Gasteiger charge is 2.02. The largest absolute Gasteiger partial charge is 0.325 e. The van der Waals surface area contributed by atoms with Crippen molar-refractivity contribution in [3.63, 3.8) is 0 Å². The van der Waals surface area contributed by atoms with Crippen molar-refractivity contribution in [2.75, 3.05) is 0 Å². The summed E-state index contributed by atoms with van der Waals surface area (Å²) in [4.78, 5) is 8.44. The van der Waals surface area contributed by atoms with Gasteiger partial charge in [-0.15, -0.1) is 0 Å². The molecule has 0 saturated heterocycles. The van der Waals surface area contributed by atoms with Gasteiger partial charge in [0.1, 0.15) is 5.82 Å². The number of hydrogen-bond acceptors (Lipinski definition) is 4. The zero-order valence-electron chi connectivity index (χ0n) is 7.88. The van der Waals surface area contributed by atoms with Crippen LogP contribution in [0.25, 0.3) is 5.82 Å². The van der Waals surface area contributed by atoms with Gasteiger partial charge < -0.3 is 5.73 Å². The van der Waals surface area contributed by atoms with Crippen LogP contribution in [0, 0.1) is 6.92 Å². The summed E-state index contributed by atoms with van der Waals surface area (Å²) in [5.41, 5.74) is 6.34. The zero-order valence-corrected chi connectivity index (χ0v) is 7.88. The normalized spacial score (nSPS) is 10.4. The van der Waals surface area contributed by atoms with Crippen LogP contribution >= 0.6 is 0 Å². The molecule has 0 atom stereocenters. The van der Waals surface area contributed by atoms with Crippen molar-refractivity contribution in [3.05, 3.63) is 36.0 Å². The van der Waals surface area contributed by atoms with E-state index < -0.39 is 0 Å². The van der Waals surface area contributed by atoms with E-state index in [0.29, 0.717) is 12.4 Å². The summed E-state index contributed by atoms with van der Waals surface area (Å²) >= 11 is 0. The van der Waals surface area contributed by atoms with Gasteiger partial charge in [0, 0.05) is 25.0 Å². The minimum atomic E-state index is 0.414. The lowest BCUT2D eigenvalue weighted by Crippen LogP contribution is -2.07. The highest BCUT2D eigenvalue weighted by atomic mass is 15.3. The second-order valence-corrected chi connectivity index (χ2v) is 2.92. The molecule has 0 amide bonds. The molecule has 72 valence electrons. The summed E-state index contributed by atoms with van der Waals surface area (Å²) in [5, 5.41) is 4.09. The maximum absolute atomic E-state index is 5.52. The van der Waals surface area contributed by atoms with Crippen LogP contribution < -0.4 is 5.73 Å². The molecule has 2 aromatic rings. The molecule has 0 fully saturated rings. The van der Waals surface area contributed by atoms with E-state index in [1.54, 1.807) is 10.9 Å². The predicted octanol–water partition coefficient (Wildman–Crippen LogP) is 0.429. The molecule has 2 aromatic heterocycles. The number of aromatic nitrogens is 4. The molecule has 2 N–H and O–H groups in total. The van der Waals surface area contributed by atoms with Gasteiger partial charge in [-0.25, -0.2) is 14.6 Å². The van der Waals surface area contributed by atoms with Crippen LogP contribution in [0.15, 0.2) is 24.5 Å². The predicted molar refractivity (Wildman–Crippen MR) is 51.8 cm³/mol. The van der Waals surface area contributed by atoms with Crippen molar-refractivity contribution in [2.45, 2.75) is 13.5 Å². The molecule has 0 radical (unpaired) electrons. The first-order valence-corrected chi connectivity index (χ1v) is 4.34. The molecule has 0 spiro atoms. The number of rotatable bonds is 2. The second kappa shape index (κ2) is 3.55. The number of hydrogen-bond donors (Lipinski definition) is 1. The fourth-order valence-electron chi connectivity index (χ4n) is 1.24. The highest BCUT2D eigenvalue weighted by Crippen LogP contribution is 2.05. The van der Waals surface area contributed by atoms with Crippen molar-refractivity contribution in [1.82, 2.24) is 19.7 Å². The van der Waals surface area contributed by atoms with Gasteiger partial charge in [0.15, 0.2) is 5.82 Å². The van der Waals surface area contributed by atoms with Gasteiger partial charge in [-0.1, -0.05) is 0 Å². The molecule has 0 unspecified atom stereocenters. The van der Waals surface area contributed by atoms with Crippen molar-refractivity contribution >= 4 is 0 Å². The molecular formula is C9H11N5. The molecule has 2 rings (SSSR count). The van der Waals surface area contributed by atoms with E-state index in [9.17, 15) is 0 Å². The molecule has 0 saturated carbocycles. The van der Waals surface area contributed by atoms with Gasteiger partial charge in [0.2, 0.25) is 0 Å². The lowest BCUT2D eigenvalue weighted by molar-refractivity contribution is 0.811. The van der Waals surface area contributed by atoms with Gasteiger partial charge in [0.05, 0.1) is 5.69 Å². The quantitative estimate of drug-likeness (QED) is 0.743. The maximum Gasteiger partial charge on any atom is 0.157 e. The summed E-state index contributed by atoms with van der Waals surface area (Å²) in [5.74, 6) is 1.46. The fraction of sp³-hybridized carbons (Fsp3) is 0.222. The Hall–Kier alpha value is -1.75. The minimum absolute atomic E-state index is 0.414. The van der Waals surface area contributed by atoms with E-state index in [1.807, 2.05) is 25.3 Å². The Morgan fingerprint density at radius 1 is 1.43 bits per heavy atom. The highest BCUT2D eigenvalue weighted by molar-refractivity contribution is 5.23. The van der Waals surface area contributed by atoms with Gasteiger partial charge in [0.25, 0.3) is 0 Å². The second-order valence-electron chi connectivity index (χ2n) is 2.92. The lowest BCUT2D eigenvalue weighted by Gasteiger charge is -2.03. The van der Waals surface area contributed by atoms with E-state index in [4.69, 9.17) is 5.73 Å². The van der Waals surface area contributed by atoms with Gasteiger partial charge >= 0.3 is 0 Å². The molecule has 0 aliphatic heterocycles. The van der Waals surface area contributed by atoms with Gasteiger partial charge in [-0.3, -0.25) is 0 Å². The van der Waals surface area contributed by atoms with E-state index in [1.165, 1.54) is 0 Å². The first kappa shape index (κ1) is 8.83. The third kappa shape index (κ3) is 1.62. The fourth-order valence-corrected chi connectivity index (χ4v) is 1.24. The zero-order chi connectivity index (χ0) is 9.97. The van der Waals surface area contributed by atoms with Crippen LogP contribution in [0.1, 0.15) is 11.5 Å². The third-order valence-electron chi connectivity index (χ3n) is 1.83. The van der Waals surface area contributed by atoms with Crippen molar-refractivity contribution in [3.8, 4) is 5.82 Å². The Morgan fingerprint density at radius 3 is 2.93 bits per heavy atom. The van der Waals surface area contributed by atoms with E-state index in [0.717, 1.165) is 11.5 Å². The monoisotopic (exact) mass is 189 g/mol. The first-order valence-electron chi connectivity index (χ1n) is 4.34. The molecular weight excluding hydrogens is 178 g/mol. The Balaban J connectivity index is 2.48. The molecule has 5 nitrogen and oxygen atoms in total.